The highest BCUT2D eigenvalue weighted by atomic mass is 16.3. The maximum absolute atomic E-state index is 13.3. The Morgan fingerprint density at radius 2 is 1.56 bits per heavy atom. The summed E-state index contributed by atoms with van der Waals surface area (Å²) in [6.07, 6.45) is 4.38. The summed E-state index contributed by atoms with van der Waals surface area (Å²) >= 11 is 0. The summed E-state index contributed by atoms with van der Waals surface area (Å²) in [5, 5.41) is 11.6. The number of benzene rings is 2. The predicted molar refractivity (Wildman–Crippen MR) is 98.9 cm³/mol. The van der Waals surface area contributed by atoms with Crippen LogP contribution < -0.4 is 0 Å². The molecule has 2 atom stereocenters. The van der Waals surface area contributed by atoms with Gasteiger partial charge >= 0.3 is 0 Å². The van der Waals surface area contributed by atoms with Gasteiger partial charge in [0.05, 0.1) is 0 Å². The van der Waals surface area contributed by atoms with Gasteiger partial charge in [0.2, 0.25) is 0 Å². The van der Waals surface area contributed by atoms with Crippen molar-refractivity contribution in [2.24, 2.45) is 5.92 Å². The highest BCUT2D eigenvalue weighted by Gasteiger charge is 2.51. The van der Waals surface area contributed by atoms with E-state index in [1.165, 1.54) is 12.8 Å². The summed E-state index contributed by atoms with van der Waals surface area (Å²) in [4.78, 5) is 15.6. The number of carbonyl (C=O) groups excluding carboxylic acids is 1. The van der Waals surface area contributed by atoms with E-state index in [0.717, 1.165) is 18.7 Å². The molecule has 0 spiro atoms. The van der Waals surface area contributed by atoms with E-state index < -0.39 is 5.60 Å². The Hall–Kier alpha value is -2.23. The molecular formula is C22H23NO2. The number of rotatable bonds is 4. The largest absolute Gasteiger partial charge is 0.376 e. The average molecular weight is 333 g/mol. The lowest BCUT2D eigenvalue weighted by Crippen LogP contribution is -2.43. The molecule has 0 amide bonds. The van der Waals surface area contributed by atoms with Gasteiger partial charge in [-0.3, -0.25) is 4.79 Å². The van der Waals surface area contributed by atoms with Crippen LogP contribution in [-0.4, -0.2) is 35.4 Å². The van der Waals surface area contributed by atoms with Crippen molar-refractivity contribution in [3.8, 4) is 0 Å². The molecule has 1 saturated heterocycles. The minimum Gasteiger partial charge on any atom is -0.376 e. The van der Waals surface area contributed by atoms with Gasteiger partial charge in [-0.05, 0) is 37.1 Å². The third-order valence-electron chi connectivity index (χ3n) is 5.45. The van der Waals surface area contributed by atoms with Crippen LogP contribution in [0.4, 0.5) is 0 Å². The maximum atomic E-state index is 13.3. The Morgan fingerprint density at radius 1 is 0.960 bits per heavy atom. The van der Waals surface area contributed by atoms with Crippen molar-refractivity contribution in [3.63, 3.8) is 0 Å². The van der Waals surface area contributed by atoms with Crippen LogP contribution in [0.15, 0.2) is 66.7 Å². The standard InChI is InChI=1S/C22H23NO2/c24-21-20(17-9-3-1-4-10-17)15-19(16-23-13-7-8-14-23)22(21,25)18-11-5-2-6-12-18/h1-6,9-12,15,19,25H,7-8,13-14,16H2/t19-,22-/m0/s1. The lowest BCUT2D eigenvalue weighted by Gasteiger charge is -2.32. The molecule has 1 aliphatic carbocycles. The summed E-state index contributed by atoms with van der Waals surface area (Å²) in [7, 11) is 0. The molecule has 1 N–H and O–H groups in total. The predicted octanol–water partition coefficient (Wildman–Crippen LogP) is 3.25. The van der Waals surface area contributed by atoms with Crippen molar-refractivity contribution < 1.29 is 9.90 Å². The lowest BCUT2D eigenvalue weighted by atomic mass is 9.81. The van der Waals surface area contributed by atoms with Gasteiger partial charge in [0.25, 0.3) is 0 Å². The second-order valence-electron chi connectivity index (χ2n) is 7.02. The number of aliphatic hydroxyl groups is 1. The minimum atomic E-state index is -1.48. The van der Waals surface area contributed by atoms with Crippen LogP contribution in [0.3, 0.4) is 0 Å². The molecule has 0 unspecified atom stereocenters. The Kier molecular flexibility index (Phi) is 4.28. The van der Waals surface area contributed by atoms with Crippen LogP contribution >= 0.6 is 0 Å². The van der Waals surface area contributed by atoms with Crippen molar-refractivity contribution in [2.45, 2.75) is 18.4 Å². The smallest absolute Gasteiger partial charge is 0.199 e. The summed E-state index contributed by atoms with van der Waals surface area (Å²) < 4.78 is 0. The fourth-order valence-corrected chi connectivity index (χ4v) is 4.08. The summed E-state index contributed by atoms with van der Waals surface area (Å²) in [5.74, 6) is -0.412. The summed E-state index contributed by atoms with van der Waals surface area (Å²) in [6, 6.07) is 19.1. The van der Waals surface area contributed by atoms with Gasteiger partial charge in [-0.25, -0.2) is 0 Å². The van der Waals surface area contributed by atoms with Gasteiger partial charge in [0.1, 0.15) is 0 Å². The first-order valence-corrected chi connectivity index (χ1v) is 9.02. The van der Waals surface area contributed by atoms with Crippen molar-refractivity contribution in [3.05, 3.63) is 77.9 Å². The molecule has 2 aliphatic rings. The molecule has 2 aromatic rings. The van der Waals surface area contributed by atoms with Crippen LogP contribution in [-0.2, 0) is 10.4 Å². The second-order valence-corrected chi connectivity index (χ2v) is 7.02. The Labute approximate surface area is 148 Å². The van der Waals surface area contributed by atoms with Crippen LogP contribution in [0.1, 0.15) is 24.0 Å². The number of Topliss-reactive ketones (excluding diaryl/α,β-unsaturated/α-hetero) is 1. The summed E-state index contributed by atoms with van der Waals surface area (Å²) in [5.41, 5.74) is 0.725. The number of ketones is 1. The van der Waals surface area contributed by atoms with E-state index in [1.807, 2.05) is 66.7 Å². The molecule has 1 aliphatic heterocycles. The maximum Gasteiger partial charge on any atom is 0.199 e. The van der Waals surface area contributed by atoms with E-state index in [0.29, 0.717) is 17.7 Å². The normalized spacial score (nSPS) is 26.8. The first kappa shape index (κ1) is 16.2. The van der Waals surface area contributed by atoms with Crippen LogP contribution in [0.25, 0.3) is 5.57 Å². The molecule has 1 heterocycles. The molecule has 0 bridgehead atoms. The van der Waals surface area contributed by atoms with Gasteiger partial charge in [0, 0.05) is 18.0 Å². The fraction of sp³-hybridized carbons (Fsp3) is 0.318. The van der Waals surface area contributed by atoms with Crippen molar-refractivity contribution in [1.29, 1.82) is 0 Å². The van der Waals surface area contributed by atoms with E-state index in [-0.39, 0.29) is 11.7 Å². The van der Waals surface area contributed by atoms with E-state index in [2.05, 4.69) is 4.90 Å². The van der Waals surface area contributed by atoms with Gasteiger partial charge in [-0.2, -0.15) is 0 Å². The highest BCUT2D eigenvalue weighted by molar-refractivity contribution is 6.27. The number of carbonyl (C=O) groups is 1. The SMILES string of the molecule is O=C1C(c2ccccc2)=C[C@@H](CN2CCCC2)[C@@]1(O)c1ccccc1. The molecule has 0 radical (unpaired) electrons. The third-order valence-corrected chi connectivity index (χ3v) is 5.45. The van der Waals surface area contributed by atoms with Crippen molar-refractivity contribution in [2.75, 3.05) is 19.6 Å². The van der Waals surface area contributed by atoms with E-state index in [4.69, 9.17) is 0 Å². The van der Waals surface area contributed by atoms with Gasteiger partial charge in [0.15, 0.2) is 11.4 Å². The Balaban J connectivity index is 1.75. The van der Waals surface area contributed by atoms with Crippen LogP contribution in [0, 0.1) is 5.92 Å². The number of likely N-dealkylation sites (tertiary alicyclic amines) is 1. The zero-order valence-electron chi connectivity index (χ0n) is 14.3. The minimum absolute atomic E-state index is 0.186. The molecule has 25 heavy (non-hydrogen) atoms. The van der Waals surface area contributed by atoms with Crippen molar-refractivity contribution in [1.82, 2.24) is 4.90 Å². The first-order valence-electron chi connectivity index (χ1n) is 9.02. The zero-order chi connectivity index (χ0) is 17.3. The fourth-order valence-electron chi connectivity index (χ4n) is 4.08. The van der Waals surface area contributed by atoms with Crippen molar-refractivity contribution >= 4 is 11.4 Å². The quantitative estimate of drug-likeness (QED) is 0.934. The molecule has 1 fully saturated rings. The van der Waals surface area contributed by atoms with Crippen LogP contribution in [0.2, 0.25) is 0 Å². The first-order chi connectivity index (χ1) is 12.2. The van der Waals surface area contributed by atoms with Gasteiger partial charge in [-0.15, -0.1) is 0 Å². The molecule has 3 heteroatoms. The Bertz CT molecular complexity index is 778. The molecule has 0 aromatic heterocycles. The van der Waals surface area contributed by atoms with E-state index in [1.54, 1.807) is 0 Å². The number of hydrogen-bond acceptors (Lipinski definition) is 3. The Morgan fingerprint density at radius 3 is 2.20 bits per heavy atom. The van der Waals surface area contributed by atoms with E-state index >= 15 is 0 Å². The average Bonchev–Trinajstić information content (AvgIpc) is 3.26. The number of nitrogens with zero attached hydrogens (tertiary/aromatic N) is 1. The molecule has 0 saturated carbocycles. The molecular weight excluding hydrogens is 310 g/mol. The third kappa shape index (κ3) is 2.84. The van der Waals surface area contributed by atoms with Crippen LogP contribution in [0.5, 0.6) is 0 Å². The van der Waals surface area contributed by atoms with Gasteiger partial charge in [-0.1, -0.05) is 66.7 Å². The molecule has 128 valence electrons. The summed E-state index contributed by atoms with van der Waals surface area (Å²) in [6.45, 7) is 2.81. The van der Waals surface area contributed by atoms with E-state index in [9.17, 15) is 9.90 Å². The second kappa shape index (κ2) is 6.58. The molecule has 2 aromatic carbocycles. The lowest BCUT2D eigenvalue weighted by molar-refractivity contribution is -0.135. The zero-order valence-corrected chi connectivity index (χ0v) is 14.3. The topological polar surface area (TPSA) is 40.5 Å². The molecule has 4 rings (SSSR count). The number of hydrogen-bond donors (Lipinski definition) is 1. The van der Waals surface area contributed by atoms with Gasteiger partial charge < -0.3 is 10.0 Å². The molecule has 3 nitrogen and oxygen atoms in total. The monoisotopic (exact) mass is 333 g/mol. The highest BCUT2D eigenvalue weighted by Crippen LogP contribution is 2.43.